The zero-order valence-corrected chi connectivity index (χ0v) is 9.47. The van der Waals surface area contributed by atoms with Crippen molar-refractivity contribution < 1.29 is 9.63 Å². The van der Waals surface area contributed by atoms with E-state index in [1.54, 1.807) is 14.0 Å². The molecular formula is C5H9IN2O2S. The lowest BCUT2D eigenvalue weighted by molar-refractivity contribution is 0.140. The Morgan fingerprint density at radius 2 is 2.27 bits per heavy atom. The van der Waals surface area contributed by atoms with Crippen LogP contribution >= 0.6 is 34.6 Å². The molecule has 0 aliphatic rings. The van der Waals surface area contributed by atoms with Gasteiger partial charge in [0, 0.05) is 7.05 Å². The quantitative estimate of drug-likeness (QED) is 0.185. The maximum absolute atomic E-state index is 10.7. The Balaban J connectivity index is 3.78. The standard InChI is InChI=1S/C5H9IN2O2S/c1-4(11-3)7-10-5(9)8(2)6/h1-3H3/b7-4-. The molecule has 0 radical (unpaired) electrons. The zero-order valence-electron chi connectivity index (χ0n) is 6.50. The molecule has 0 aromatic heterocycles. The first-order valence-electron chi connectivity index (χ1n) is 2.77. The van der Waals surface area contributed by atoms with Crippen LogP contribution in [0.4, 0.5) is 4.79 Å². The Bertz CT molecular complexity index is 172. The van der Waals surface area contributed by atoms with Gasteiger partial charge < -0.3 is 0 Å². The van der Waals surface area contributed by atoms with Crippen LogP contribution in [-0.2, 0) is 4.84 Å². The van der Waals surface area contributed by atoms with E-state index in [9.17, 15) is 4.79 Å². The molecule has 0 atom stereocenters. The molecule has 6 heteroatoms. The average molecular weight is 288 g/mol. The molecule has 11 heavy (non-hydrogen) atoms. The van der Waals surface area contributed by atoms with Crippen molar-refractivity contribution in [2.75, 3.05) is 13.3 Å². The van der Waals surface area contributed by atoms with Gasteiger partial charge in [-0.3, -0.25) is 7.95 Å². The molecule has 0 aliphatic carbocycles. The molecular weight excluding hydrogens is 279 g/mol. The first-order valence-corrected chi connectivity index (χ1v) is 4.96. The number of amides is 1. The van der Waals surface area contributed by atoms with Crippen molar-refractivity contribution in [2.24, 2.45) is 5.16 Å². The second-order valence-electron chi connectivity index (χ2n) is 1.65. The lowest BCUT2D eigenvalue weighted by Gasteiger charge is -2.03. The molecule has 0 aliphatic heterocycles. The second-order valence-corrected chi connectivity index (χ2v) is 4.10. The molecule has 0 saturated carbocycles. The van der Waals surface area contributed by atoms with Crippen molar-refractivity contribution in [3.05, 3.63) is 0 Å². The average Bonchev–Trinajstić information content (AvgIpc) is 1.99. The number of oxime groups is 1. The van der Waals surface area contributed by atoms with E-state index in [0.29, 0.717) is 0 Å². The number of halogens is 1. The highest BCUT2D eigenvalue weighted by Crippen LogP contribution is 2.01. The summed E-state index contributed by atoms with van der Waals surface area (Å²) in [6.07, 6.45) is 1.39. The second kappa shape index (κ2) is 5.64. The summed E-state index contributed by atoms with van der Waals surface area (Å²) in [5.41, 5.74) is 0. The van der Waals surface area contributed by atoms with Gasteiger partial charge in [0.2, 0.25) is 0 Å². The van der Waals surface area contributed by atoms with E-state index in [1.165, 1.54) is 14.9 Å². The molecule has 64 valence electrons. The Hall–Kier alpha value is 0.0200. The molecule has 0 unspecified atom stereocenters. The number of hydrogen-bond donors (Lipinski definition) is 0. The van der Waals surface area contributed by atoms with E-state index in [0.717, 1.165) is 5.04 Å². The van der Waals surface area contributed by atoms with E-state index in [4.69, 9.17) is 0 Å². The highest BCUT2D eigenvalue weighted by atomic mass is 127. The van der Waals surface area contributed by atoms with Crippen LogP contribution in [0.15, 0.2) is 5.16 Å². The predicted molar refractivity (Wildman–Crippen MR) is 54.9 cm³/mol. The number of carbonyl (C=O) groups is 1. The largest absolute Gasteiger partial charge is 0.444 e. The summed E-state index contributed by atoms with van der Waals surface area (Å²) < 4.78 is 1.29. The van der Waals surface area contributed by atoms with Crippen LogP contribution < -0.4 is 0 Å². The summed E-state index contributed by atoms with van der Waals surface area (Å²) in [7, 11) is 1.59. The molecule has 0 bridgehead atoms. The third kappa shape index (κ3) is 5.31. The minimum absolute atomic E-state index is 0.473. The van der Waals surface area contributed by atoms with Gasteiger partial charge in [-0.1, -0.05) is 5.16 Å². The number of thioether (sulfide) groups is 1. The summed E-state index contributed by atoms with van der Waals surface area (Å²) >= 11 is 3.24. The number of rotatable bonds is 1. The topological polar surface area (TPSA) is 41.9 Å². The van der Waals surface area contributed by atoms with Crippen LogP contribution in [0.25, 0.3) is 0 Å². The van der Waals surface area contributed by atoms with Crippen LogP contribution in [0.5, 0.6) is 0 Å². The zero-order chi connectivity index (χ0) is 8.85. The third-order valence-corrected chi connectivity index (χ3v) is 1.86. The molecule has 0 aromatic carbocycles. The van der Waals surface area contributed by atoms with Gasteiger partial charge in [-0.15, -0.1) is 11.8 Å². The molecule has 0 aromatic rings. The maximum atomic E-state index is 10.7. The minimum Gasteiger partial charge on any atom is -0.297 e. The molecule has 0 saturated heterocycles. The van der Waals surface area contributed by atoms with Crippen molar-refractivity contribution in [1.82, 2.24) is 3.11 Å². The highest BCUT2D eigenvalue weighted by Gasteiger charge is 2.04. The van der Waals surface area contributed by atoms with Crippen LogP contribution in [0, 0.1) is 0 Å². The van der Waals surface area contributed by atoms with Crippen LogP contribution in [0.2, 0.25) is 0 Å². The Morgan fingerprint density at radius 3 is 2.64 bits per heavy atom. The fourth-order valence-electron chi connectivity index (χ4n) is 0.197. The molecule has 0 rings (SSSR count). The molecule has 0 spiro atoms. The number of hydrogen-bond acceptors (Lipinski definition) is 4. The molecule has 4 nitrogen and oxygen atoms in total. The van der Waals surface area contributed by atoms with E-state index < -0.39 is 6.09 Å². The maximum Gasteiger partial charge on any atom is 0.444 e. The molecule has 0 heterocycles. The van der Waals surface area contributed by atoms with E-state index in [1.807, 2.05) is 29.1 Å². The highest BCUT2D eigenvalue weighted by molar-refractivity contribution is 14.1. The monoisotopic (exact) mass is 288 g/mol. The van der Waals surface area contributed by atoms with Crippen LogP contribution in [0.3, 0.4) is 0 Å². The summed E-state index contributed by atoms with van der Waals surface area (Å²) in [4.78, 5) is 15.2. The van der Waals surface area contributed by atoms with Crippen molar-refractivity contribution in [2.45, 2.75) is 6.92 Å². The van der Waals surface area contributed by atoms with Crippen LogP contribution in [0.1, 0.15) is 6.92 Å². The Morgan fingerprint density at radius 1 is 1.73 bits per heavy atom. The van der Waals surface area contributed by atoms with Gasteiger partial charge in [0.1, 0.15) is 5.04 Å². The van der Waals surface area contributed by atoms with Gasteiger partial charge in [0.15, 0.2) is 0 Å². The van der Waals surface area contributed by atoms with E-state index >= 15 is 0 Å². The van der Waals surface area contributed by atoms with Crippen molar-refractivity contribution >= 4 is 45.8 Å². The molecule has 1 amide bonds. The van der Waals surface area contributed by atoms with Gasteiger partial charge in [-0.25, -0.2) is 4.79 Å². The normalized spacial score (nSPS) is 11.1. The first kappa shape index (κ1) is 11.0. The Kier molecular flexibility index (Phi) is 5.65. The van der Waals surface area contributed by atoms with Gasteiger partial charge in [0.05, 0.1) is 22.9 Å². The van der Waals surface area contributed by atoms with Gasteiger partial charge in [-0.2, -0.15) is 0 Å². The summed E-state index contributed by atoms with van der Waals surface area (Å²) in [6, 6.07) is 0. The summed E-state index contributed by atoms with van der Waals surface area (Å²) in [6.45, 7) is 1.77. The first-order chi connectivity index (χ1) is 5.07. The van der Waals surface area contributed by atoms with Crippen molar-refractivity contribution in [1.29, 1.82) is 0 Å². The Labute approximate surface area is 83.8 Å². The summed E-state index contributed by atoms with van der Waals surface area (Å²) in [5.74, 6) is 0. The fourth-order valence-corrected chi connectivity index (χ4v) is 0.397. The van der Waals surface area contributed by atoms with Crippen molar-refractivity contribution in [3.63, 3.8) is 0 Å². The van der Waals surface area contributed by atoms with E-state index in [-0.39, 0.29) is 0 Å². The SMILES string of the molecule is CS/C(C)=N\OC(=O)N(C)I. The number of nitrogens with zero attached hydrogens (tertiary/aromatic N) is 2. The van der Waals surface area contributed by atoms with Crippen LogP contribution in [-0.4, -0.2) is 27.6 Å². The van der Waals surface area contributed by atoms with E-state index in [2.05, 4.69) is 9.99 Å². The number of carbonyl (C=O) groups excluding carboxylic acids is 1. The van der Waals surface area contributed by atoms with Gasteiger partial charge in [-0.05, 0) is 13.2 Å². The lowest BCUT2D eigenvalue weighted by atomic mass is 10.9. The van der Waals surface area contributed by atoms with Gasteiger partial charge in [0.25, 0.3) is 0 Å². The van der Waals surface area contributed by atoms with Crippen molar-refractivity contribution in [3.8, 4) is 0 Å². The lowest BCUT2D eigenvalue weighted by Crippen LogP contribution is -2.14. The summed E-state index contributed by atoms with van der Waals surface area (Å²) in [5, 5.41) is 4.27. The molecule has 0 fully saturated rings. The van der Waals surface area contributed by atoms with Gasteiger partial charge >= 0.3 is 6.09 Å². The fraction of sp³-hybridized carbons (Fsp3) is 0.600. The predicted octanol–water partition coefficient (Wildman–Crippen LogP) is 2.10. The molecule has 0 N–H and O–H groups in total. The third-order valence-electron chi connectivity index (χ3n) is 0.799. The smallest absolute Gasteiger partial charge is 0.297 e. The minimum atomic E-state index is -0.473.